The molecule has 0 spiro atoms. The van der Waals surface area contributed by atoms with E-state index in [0.29, 0.717) is 0 Å². The number of hydrogen-bond acceptors (Lipinski definition) is 10. The van der Waals surface area contributed by atoms with Gasteiger partial charge in [-0.05, 0) is 94.5 Å². The maximum Gasteiger partial charge on any atom is 0.307 e. The molecule has 8 bridgehead atoms. The van der Waals surface area contributed by atoms with Crippen molar-refractivity contribution in [2.75, 3.05) is 0 Å². The average molecular weight is 831 g/mol. The molecule has 0 unspecified atom stereocenters. The number of aromatic nitrogens is 4. The summed E-state index contributed by atoms with van der Waals surface area (Å²) in [6.07, 6.45) is -5.73. The highest BCUT2D eigenvalue weighted by molar-refractivity contribution is 6.03. The van der Waals surface area contributed by atoms with E-state index in [2.05, 4.69) is 19.9 Å². The van der Waals surface area contributed by atoms with E-state index in [4.69, 9.17) is 0 Å². The van der Waals surface area contributed by atoms with E-state index in [-0.39, 0.29) is 115 Å². The lowest BCUT2D eigenvalue weighted by atomic mass is 9.95. The van der Waals surface area contributed by atoms with Crippen LogP contribution in [0.2, 0.25) is 0 Å². The largest absolute Gasteiger partial charge is 0.481 e. The first kappa shape index (κ1) is 43.5. The Labute approximate surface area is 337 Å². The predicted molar refractivity (Wildman–Crippen MR) is 207 cm³/mol. The number of carboxylic acid groups (broad SMARTS) is 8. The number of aliphatic carboxylic acids is 8. The van der Waals surface area contributed by atoms with Crippen LogP contribution in [0.5, 0.6) is 0 Å². The van der Waals surface area contributed by atoms with Crippen molar-refractivity contribution >= 4 is 92.1 Å². The molecule has 0 aromatic carbocycles. The predicted octanol–water partition coefficient (Wildman–Crippen LogP) is 4.10. The molecule has 20 nitrogen and oxygen atoms in total. The fourth-order valence-corrected chi connectivity index (χ4v) is 7.37. The van der Waals surface area contributed by atoms with Crippen molar-refractivity contribution < 1.29 is 79.2 Å². The zero-order valence-corrected chi connectivity index (χ0v) is 31.5. The monoisotopic (exact) mass is 830 g/mol. The Balaban J connectivity index is 2.09. The third kappa shape index (κ3) is 10.4. The molecule has 0 atom stereocenters. The summed E-state index contributed by atoms with van der Waals surface area (Å²) in [7, 11) is 0. The van der Waals surface area contributed by atoms with Crippen LogP contribution in [0.4, 0.5) is 0 Å². The summed E-state index contributed by atoms with van der Waals surface area (Å²) in [5.41, 5.74) is 1.10. The zero-order chi connectivity index (χ0) is 44.0. The molecule has 20 heteroatoms. The van der Waals surface area contributed by atoms with Crippen LogP contribution in [0.15, 0.2) is 24.3 Å². The molecule has 3 aromatic rings. The van der Waals surface area contributed by atoms with Crippen LogP contribution >= 0.6 is 0 Å². The van der Waals surface area contributed by atoms with Crippen LogP contribution in [0.1, 0.15) is 96.4 Å². The number of nitrogens with one attached hydrogen (secondary N) is 2. The minimum absolute atomic E-state index is 0.00868. The first-order chi connectivity index (χ1) is 28.3. The number of carboxylic acids is 8. The Morgan fingerprint density at radius 3 is 1.00 bits per heavy atom. The van der Waals surface area contributed by atoms with Crippen LogP contribution in [0.3, 0.4) is 0 Å². The number of carbonyl (C=O) groups is 8. The lowest BCUT2D eigenvalue weighted by Gasteiger charge is -2.07. The molecule has 10 N–H and O–H groups in total. The highest BCUT2D eigenvalue weighted by atomic mass is 16.4. The van der Waals surface area contributed by atoms with Gasteiger partial charge in [-0.15, -0.1) is 0 Å². The lowest BCUT2D eigenvalue weighted by molar-refractivity contribution is -0.138. The summed E-state index contributed by atoms with van der Waals surface area (Å²) in [5.74, 6) is -10.3. The molecule has 0 radical (unpaired) electrons. The van der Waals surface area contributed by atoms with Gasteiger partial charge in [0.15, 0.2) is 0 Å². The number of rotatable bonds is 20. The van der Waals surface area contributed by atoms with Gasteiger partial charge < -0.3 is 50.8 Å². The second-order valence-corrected chi connectivity index (χ2v) is 13.9. The van der Waals surface area contributed by atoms with Gasteiger partial charge in [-0.1, -0.05) is 0 Å². The number of fused-ring (bicyclic) bond motifs is 8. The van der Waals surface area contributed by atoms with Gasteiger partial charge in [-0.25, -0.2) is 9.97 Å². The van der Waals surface area contributed by atoms with Crippen molar-refractivity contribution in [1.29, 1.82) is 0 Å². The smallest absolute Gasteiger partial charge is 0.307 e. The quantitative estimate of drug-likeness (QED) is 0.0766. The van der Waals surface area contributed by atoms with E-state index in [1.54, 1.807) is 0 Å². The van der Waals surface area contributed by atoms with Gasteiger partial charge >= 0.3 is 47.8 Å². The fourth-order valence-electron chi connectivity index (χ4n) is 7.37. The number of nitrogens with zero attached hydrogens (tertiary/aromatic N) is 2. The van der Waals surface area contributed by atoms with Gasteiger partial charge in [-0.3, -0.25) is 38.4 Å². The summed E-state index contributed by atoms with van der Waals surface area (Å²) in [6.45, 7) is 0. The lowest BCUT2D eigenvalue weighted by Crippen LogP contribution is -2.05. The summed E-state index contributed by atoms with van der Waals surface area (Å²) in [5, 5.41) is 78.6. The Morgan fingerprint density at radius 1 is 0.350 bits per heavy atom. The SMILES string of the molecule is O=C(O)CCC1=C(CC(=O)O)c2cc3nc(cc4[nH]c(cc5[nH]c(cc1n2)c(CCC(=O)O)c5CC(=O)O)c(CCC(=O)O)c4CC(=O)O)C(CCC(=O)O)=C3CC(=O)O. The van der Waals surface area contributed by atoms with E-state index in [0.717, 1.165) is 0 Å². The normalized spacial score (nSPS) is 12.4. The van der Waals surface area contributed by atoms with E-state index in [1.165, 1.54) is 24.3 Å². The van der Waals surface area contributed by atoms with Gasteiger partial charge in [0.05, 0.1) is 48.5 Å². The van der Waals surface area contributed by atoms with E-state index < -0.39 is 99.1 Å². The fraction of sp³-hybridized carbons (Fsp3) is 0.300. The molecule has 60 heavy (non-hydrogen) atoms. The maximum absolute atomic E-state index is 12.3. The van der Waals surface area contributed by atoms with Gasteiger partial charge in [-0.2, -0.15) is 0 Å². The van der Waals surface area contributed by atoms with Gasteiger partial charge in [0.2, 0.25) is 0 Å². The number of allylic oxidation sites excluding steroid dienone is 2. The molecule has 0 saturated carbocycles. The molecule has 0 aliphatic carbocycles. The van der Waals surface area contributed by atoms with Crippen LogP contribution in [-0.2, 0) is 64.0 Å². The van der Waals surface area contributed by atoms with Crippen LogP contribution in [0, 0.1) is 0 Å². The number of hydrogen-bond donors (Lipinski definition) is 10. The summed E-state index contributed by atoms with van der Waals surface area (Å²) >= 11 is 0. The molecular weight excluding hydrogens is 792 g/mol. The highest BCUT2D eigenvalue weighted by Gasteiger charge is 2.28. The second kappa shape index (κ2) is 18.3. The molecule has 5 rings (SSSR count). The standard InChI is InChI=1S/C40H38N4O16/c45-33(46)5-1-17-21(9-37(53)54)29-14-27-19(3-7-35(49)50)22(10-38(55)56)30(43-27)15-28-20(4-8-36(51)52)24(12-40(59)60)32(44-28)16-31-23(11-39(57)58)18(2-6-34(47)48)26(42-31)13-25(17)41-29/h13-16,41,43H,1-12H2,(H,45,46)(H,47,48)(H,49,50)(H,51,52)(H,53,54)(H,55,56)(H,57,58)(H,59,60). The van der Waals surface area contributed by atoms with Crippen molar-refractivity contribution in [2.45, 2.75) is 77.0 Å². The van der Waals surface area contributed by atoms with Crippen LogP contribution < -0.4 is 0 Å². The first-order valence-corrected chi connectivity index (χ1v) is 18.3. The highest BCUT2D eigenvalue weighted by Crippen LogP contribution is 2.40. The van der Waals surface area contributed by atoms with Crippen LogP contribution in [0.25, 0.3) is 44.4 Å². The topological polar surface area (TPSA) is 356 Å². The van der Waals surface area contributed by atoms with Crippen LogP contribution in [-0.4, -0.2) is 109 Å². The number of aryl methyl sites for hydroxylation is 2. The van der Waals surface area contributed by atoms with Gasteiger partial charge in [0.1, 0.15) is 0 Å². The molecule has 5 heterocycles. The third-order valence-corrected chi connectivity index (χ3v) is 9.81. The molecular formula is C40H38N4O16. The Bertz CT molecular complexity index is 2590. The summed E-state index contributed by atoms with van der Waals surface area (Å²) < 4.78 is 0. The molecule has 2 aliphatic rings. The summed E-state index contributed by atoms with van der Waals surface area (Å²) in [6, 6.07) is 5.39. The molecule has 3 aromatic heterocycles. The second-order valence-electron chi connectivity index (χ2n) is 13.9. The van der Waals surface area contributed by atoms with E-state index in [1.807, 2.05) is 0 Å². The molecule has 2 aliphatic heterocycles. The Hall–Kier alpha value is -7.64. The van der Waals surface area contributed by atoms with Crippen molar-refractivity contribution in [2.24, 2.45) is 0 Å². The average Bonchev–Trinajstić information content (AvgIpc) is 3.81. The minimum atomic E-state index is -1.35. The molecule has 314 valence electrons. The Kier molecular flexibility index (Phi) is 13.3. The number of aromatic amines is 2. The van der Waals surface area contributed by atoms with Crippen molar-refractivity contribution in [3.63, 3.8) is 0 Å². The molecule has 0 saturated heterocycles. The third-order valence-electron chi connectivity index (χ3n) is 9.81. The van der Waals surface area contributed by atoms with Crippen molar-refractivity contribution in [3.8, 4) is 0 Å². The van der Waals surface area contributed by atoms with Crippen molar-refractivity contribution in [3.05, 3.63) is 69.3 Å². The summed E-state index contributed by atoms with van der Waals surface area (Å²) in [4.78, 5) is 112. The minimum Gasteiger partial charge on any atom is -0.481 e. The first-order valence-electron chi connectivity index (χ1n) is 18.3. The molecule has 0 amide bonds. The van der Waals surface area contributed by atoms with Crippen molar-refractivity contribution in [1.82, 2.24) is 19.9 Å². The van der Waals surface area contributed by atoms with Gasteiger partial charge in [0, 0.05) is 47.8 Å². The number of H-pyrrole nitrogens is 2. The van der Waals surface area contributed by atoms with E-state index >= 15 is 0 Å². The zero-order valence-electron chi connectivity index (χ0n) is 31.5. The molecule has 0 fully saturated rings. The van der Waals surface area contributed by atoms with Gasteiger partial charge in [0.25, 0.3) is 0 Å². The van der Waals surface area contributed by atoms with E-state index in [9.17, 15) is 79.2 Å². The Morgan fingerprint density at radius 2 is 0.650 bits per heavy atom. The maximum atomic E-state index is 12.3.